The first-order chi connectivity index (χ1) is 10.1. The van der Waals surface area contributed by atoms with Crippen LogP contribution in [0.4, 0.5) is 0 Å². The summed E-state index contributed by atoms with van der Waals surface area (Å²) in [5.41, 5.74) is 5.97. The predicted octanol–water partition coefficient (Wildman–Crippen LogP) is 1.12. The molecule has 2 rings (SSSR count). The van der Waals surface area contributed by atoms with Gasteiger partial charge in [-0.05, 0) is 19.8 Å². The number of rotatable bonds is 5. The van der Waals surface area contributed by atoms with Crippen LogP contribution in [-0.2, 0) is 9.53 Å². The number of hydrogen-bond acceptors (Lipinski definition) is 4. The molecule has 5 heteroatoms. The third-order valence-corrected chi connectivity index (χ3v) is 5.26. The van der Waals surface area contributed by atoms with E-state index in [1.165, 1.54) is 32.1 Å². The minimum atomic E-state index is -0.129. The molecule has 1 saturated carbocycles. The van der Waals surface area contributed by atoms with Gasteiger partial charge < -0.3 is 15.8 Å². The summed E-state index contributed by atoms with van der Waals surface area (Å²) in [5, 5.41) is 3.17. The van der Waals surface area contributed by atoms with Gasteiger partial charge in [-0.3, -0.25) is 9.69 Å². The lowest BCUT2D eigenvalue weighted by Crippen LogP contribution is -2.60. The molecule has 1 amide bonds. The second kappa shape index (κ2) is 7.56. The van der Waals surface area contributed by atoms with E-state index in [2.05, 4.69) is 10.2 Å². The van der Waals surface area contributed by atoms with Crippen LogP contribution in [0.1, 0.15) is 46.0 Å². The van der Waals surface area contributed by atoms with Gasteiger partial charge in [-0.15, -0.1) is 0 Å². The second-order valence-electron chi connectivity index (χ2n) is 6.75. The maximum Gasteiger partial charge on any atom is 0.224 e. The molecule has 0 bridgehead atoms. The number of amides is 1. The Morgan fingerprint density at radius 3 is 2.43 bits per heavy atom. The average molecular weight is 297 g/mol. The van der Waals surface area contributed by atoms with E-state index in [4.69, 9.17) is 10.5 Å². The van der Waals surface area contributed by atoms with Crippen molar-refractivity contribution in [2.75, 3.05) is 32.8 Å². The first kappa shape index (κ1) is 16.7. The molecule has 0 spiro atoms. The van der Waals surface area contributed by atoms with Crippen molar-refractivity contribution < 1.29 is 9.53 Å². The van der Waals surface area contributed by atoms with Crippen LogP contribution in [-0.4, -0.2) is 55.2 Å². The lowest BCUT2D eigenvalue weighted by molar-refractivity contribution is -0.126. The van der Waals surface area contributed by atoms with Crippen molar-refractivity contribution in [2.24, 2.45) is 11.7 Å². The second-order valence-corrected chi connectivity index (χ2v) is 6.75. The maximum absolute atomic E-state index is 12.2. The predicted molar refractivity (Wildman–Crippen MR) is 84.0 cm³/mol. The molecule has 1 heterocycles. The van der Waals surface area contributed by atoms with Gasteiger partial charge in [-0.1, -0.05) is 26.2 Å². The van der Waals surface area contributed by atoms with Gasteiger partial charge in [0.05, 0.1) is 13.2 Å². The number of carbonyl (C=O) groups excluding carboxylic acids is 1. The van der Waals surface area contributed by atoms with E-state index in [9.17, 15) is 4.79 Å². The van der Waals surface area contributed by atoms with Gasteiger partial charge >= 0.3 is 0 Å². The largest absolute Gasteiger partial charge is 0.379 e. The van der Waals surface area contributed by atoms with E-state index < -0.39 is 0 Å². The highest BCUT2D eigenvalue weighted by molar-refractivity contribution is 5.79. The van der Waals surface area contributed by atoms with Gasteiger partial charge in [0, 0.05) is 37.1 Å². The number of nitrogens with two attached hydrogens (primary N) is 1. The molecule has 2 unspecified atom stereocenters. The fraction of sp³-hybridized carbons (Fsp3) is 0.938. The molecular formula is C16H31N3O2. The molecule has 1 saturated heterocycles. The SMILES string of the molecule is CC(N)C(C)C(=O)NCC1(N2CCOCC2)CCCCC1. The molecule has 2 aliphatic rings. The van der Waals surface area contributed by atoms with Crippen molar-refractivity contribution >= 4 is 5.91 Å². The number of nitrogens with zero attached hydrogens (tertiary/aromatic N) is 1. The van der Waals surface area contributed by atoms with Crippen LogP contribution in [0.15, 0.2) is 0 Å². The Morgan fingerprint density at radius 1 is 1.24 bits per heavy atom. The van der Waals surface area contributed by atoms with Gasteiger partial charge in [-0.25, -0.2) is 0 Å². The normalized spacial score (nSPS) is 26.0. The quantitative estimate of drug-likeness (QED) is 0.798. The smallest absolute Gasteiger partial charge is 0.224 e. The van der Waals surface area contributed by atoms with E-state index in [1.54, 1.807) is 0 Å². The van der Waals surface area contributed by atoms with Crippen molar-refractivity contribution in [3.63, 3.8) is 0 Å². The number of hydrogen-bond donors (Lipinski definition) is 2. The summed E-state index contributed by atoms with van der Waals surface area (Å²) in [6.07, 6.45) is 6.20. The highest BCUT2D eigenvalue weighted by atomic mass is 16.5. The third-order valence-electron chi connectivity index (χ3n) is 5.26. The summed E-state index contributed by atoms with van der Waals surface area (Å²) >= 11 is 0. The zero-order valence-electron chi connectivity index (χ0n) is 13.6. The Bertz CT molecular complexity index is 334. The Hall–Kier alpha value is -0.650. The maximum atomic E-state index is 12.2. The first-order valence-corrected chi connectivity index (χ1v) is 8.41. The topological polar surface area (TPSA) is 67.6 Å². The summed E-state index contributed by atoms with van der Waals surface area (Å²) < 4.78 is 5.49. The van der Waals surface area contributed by atoms with E-state index >= 15 is 0 Å². The van der Waals surface area contributed by atoms with Crippen LogP contribution in [0.25, 0.3) is 0 Å². The molecule has 2 fully saturated rings. The molecule has 122 valence electrons. The molecular weight excluding hydrogens is 266 g/mol. The Balaban J connectivity index is 1.97. The number of nitrogens with one attached hydrogen (secondary N) is 1. The molecule has 1 aliphatic heterocycles. The minimum Gasteiger partial charge on any atom is -0.379 e. The number of carbonyl (C=O) groups is 1. The molecule has 5 nitrogen and oxygen atoms in total. The van der Waals surface area contributed by atoms with E-state index in [1.807, 2.05) is 13.8 Å². The van der Waals surface area contributed by atoms with Crippen molar-refractivity contribution in [1.82, 2.24) is 10.2 Å². The van der Waals surface area contributed by atoms with Crippen LogP contribution in [0.3, 0.4) is 0 Å². The van der Waals surface area contributed by atoms with Gasteiger partial charge in [-0.2, -0.15) is 0 Å². The third kappa shape index (κ3) is 4.18. The van der Waals surface area contributed by atoms with E-state index in [0.29, 0.717) is 0 Å². The molecule has 0 aromatic rings. The zero-order valence-corrected chi connectivity index (χ0v) is 13.6. The van der Waals surface area contributed by atoms with Gasteiger partial charge in [0.15, 0.2) is 0 Å². The summed E-state index contributed by atoms with van der Waals surface area (Å²) in [7, 11) is 0. The van der Waals surface area contributed by atoms with Gasteiger partial charge in [0.1, 0.15) is 0 Å². The fourth-order valence-electron chi connectivity index (χ4n) is 3.50. The standard InChI is InChI=1S/C16H31N3O2/c1-13(14(2)17)15(20)18-12-16(6-4-3-5-7-16)19-8-10-21-11-9-19/h13-14H,3-12,17H2,1-2H3,(H,18,20). The highest BCUT2D eigenvalue weighted by Gasteiger charge is 2.39. The van der Waals surface area contributed by atoms with Crippen molar-refractivity contribution in [3.05, 3.63) is 0 Å². The Kier molecular flexibility index (Phi) is 6.02. The Labute approximate surface area is 128 Å². The molecule has 3 N–H and O–H groups in total. The average Bonchev–Trinajstić information content (AvgIpc) is 2.53. The minimum absolute atomic E-state index is 0.0863. The first-order valence-electron chi connectivity index (χ1n) is 8.41. The summed E-state index contributed by atoms with van der Waals surface area (Å²) in [6, 6.07) is -0.101. The van der Waals surface area contributed by atoms with Crippen LogP contribution in [0, 0.1) is 5.92 Å². The summed E-state index contributed by atoms with van der Waals surface area (Å²) in [6.45, 7) is 8.14. The van der Waals surface area contributed by atoms with Crippen LogP contribution in [0.2, 0.25) is 0 Å². The molecule has 1 aliphatic carbocycles. The number of ether oxygens (including phenoxy) is 1. The van der Waals surface area contributed by atoms with E-state index in [0.717, 1.165) is 32.8 Å². The molecule has 21 heavy (non-hydrogen) atoms. The molecule has 0 aromatic heterocycles. The lowest BCUT2D eigenvalue weighted by Gasteiger charge is -2.48. The van der Waals surface area contributed by atoms with Crippen LogP contribution >= 0.6 is 0 Å². The van der Waals surface area contributed by atoms with Crippen molar-refractivity contribution in [3.8, 4) is 0 Å². The molecule has 2 atom stereocenters. The van der Waals surface area contributed by atoms with Crippen molar-refractivity contribution in [1.29, 1.82) is 0 Å². The lowest BCUT2D eigenvalue weighted by atomic mass is 9.79. The molecule has 0 radical (unpaired) electrons. The van der Waals surface area contributed by atoms with Gasteiger partial charge in [0.25, 0.3) is 0 Å². The number of morpholine rings is 1. The summed E-state index contributed by atoms with van der Waals surface area (Å²) in [5.74, 6) is -0.0430. The molecule has 0 aromatic carbocycles. The van der Waals surface area contributed by atoms with Gasteiger partial charge in [0.2, 0.25) is 5.91 Å². The highest BCUT2D eigenvalue weighted by Crippen LogP contribution is 2.33. The van der Waals surface area contributed by atoms with Crippen LogP contribution < -0.4 is 11.1 Å². The fourth-order valence-corrected chi connectivity index (χ4v) is 3.50. The Morgan fingerprint density at radius 2 is 1.86 bits per heavy atom. The summed E-state index contributed by atoms with van der Waals surface area (Å²) in [4.78, 5) is 14.8. The zero-order chi connectivity index (χ0) is 15.3. The van der Waals surface area contributed by atoms with Crippen LogP contribution in [0.5, 0.6) is 0 Å². The monoisotopic (exact) mass is 297 g/mol. The van der Waals surface area contributed by atoms with Crippen molar-refractivity contribution in [2.45, 2.75) is 57.5 Å². The van der Waals surface area contributed by atoms with E-state index in [-0.39, 0.29) is 23.4 Å².